The molecule has 1 aliphatic rings. The summed E-state index contributed by atoms with van der Waals surface area (Å²) in [5.41, 5.74) is 1.94. The van der Waals surface area contributed by atoms with Crippen LogP contribution in [0.4, 0.5) is 10.1 Å². The fourth-order valence-corrected chi connectivity index (χ4v) is 5.45. The predicted octanol–water partition coefficient (Wildman–Crippen LogP) is 4.51. The molecule has 7 nitrogen and oxygen atoms in total. The molecule has 5 rings (SSSR count). The first-order valence-corrected chi connectivity index (χ1v) is 11.8. The number of thiophene rings is 1. The van der Waals surface area contributed by atoms with E-state index in [1.54, 1.807) is 51.2 Å². The van der Waals surface area contributed by atoms with Crippen molar-refractivity contribution in [3.63, 3.8) is 0 Å². The molecule has 178 valence electrons. The maximum Gasteiger partial charge on any atom is 0.267 e. The van der Waals surface area contributed by atoms with E-state index >= 15 is 0 Å². The predicted molar refractivity (Wildman–Crippen MR) is 133 cm³/mol. The summed E-state index contributed by atoms with van der Waals surface area (Å²) >= 11 is 1.39. The molecule has 2 aromatic carbocycles. The zero-order valence-corrected chi connectivity index (χ0v) is 20.4. The molecule has 0 fully saturated rings. The van der Waals surface area contributed by atoms with Crippen LogP contribution in [0, 0.1) is 19.7 Å². The van der Waals surface area contributed by atoms with Gasteiger partial charge in [0.15, 0.2) is 11.9 Å². The van der Waals surface area contributed by atoms with Gasteiger partial charge < -0.3 is 9.64 Å². The smallest absolute Gasteiger partial charge is 0.267 e. The summed E-state index contributed by atoms with van der Waals surface area (Å²) in [7, 11) is 1.64. The van der Waals surface area contributed by atoms with E-state index in [0.717, 1.165) is 4.88 Å². The number of carbonyl (C=O) groups is 2. The van der Waals surface area contributed by atoms with Crippen LogP contribution in [0.1, 0.15) is 28.0 Å². The number of rotatable bonds is 4. The minimum Gasteiger partial charge on any atom is -0.479 e. The molecule has 0 saturated carbocycles. The van der Waals surface area contributed by atoms with Gasteiger partial charge in [0, 0.05) is 23.1 Å². The lowest BCUT2D eigenvalue weighted by atomic mass is 10.0. The van der Waals surface area contributed by atoms with E-state index in [1.165, 1.54) is 32.9 Å². The fourth-order valence-electron chi connectivity index (χ4n) is 4.37. The highest BCUT2D eigenvalue weighted by Gasteiger charge is 2.29. The second kappa shape index (κ2) is 8.42. The van der Waals surface area contributed by atoms with Crippen LogP contribution in [-0.2, 0) is 11.3 Å². The number of hydrogen-bond acceptors (Lipinski definition) is 6. The number of hydrogen-bond donors (Lipinski definition) is 0. The minimum atomic E-state index is -0.600. The van der Waals surface area contributed by atoms with Crippen LogP contribution in [0.25, 0.3) is 21.3 Å². The molecule has 3 heterocycles. The normalized spacial score (nSPS) is 15.3. The Labute approximate surface area is 204 Å². The molecule has 0 saturated heterocycles. The van der Waals surface area contributed by atoms with Crippen molar-refractivity contribution in [2.75, 3.05) is 11.9 Å². The number of nitrogens with zero attached hydrogens (tertiary/aromatic N) is 3. The van der Waals surface area contributed by atoms with Crippen LogP contribution in [0.2, 0.25) is 0 Å². The Hall–Kier alpha value is -3.85. The number of fused-ring (bicyclic) bond motifs is 2. The molecule has 1 atom stereocenters. The van der Waals surface area contributed by atoms with Gasteiger partial charge in [0.25, 0.3) is 11.5 Å². The van der Waals surface area contributed by atoms with Gasteiger partial charge in [0.05, 0.1) is 17.6 Å². The van der Waals surface area contributed by atoms with Gasteiger partial charge in [-0.05, 0) is 56.7 Å². The SMILES string of the molecule is Cc1sc2nc(C)n(CC(=O)c3ccc4c(c3)N(C)C(=O)C(C)O4)c(=O)c2c1-c1ccc(F)cc1. The maximum atomic E-state index is 13.6. The zero-order valence-electron chi connectivity index (χ0n) is 19.6. The van der Waals surface area contributed by atoms with E-state index in [0.29, 0.717) is 44.2 Å². The van der Waals surface area contributed by atoms with Gasteiger partial charge in [0.2, 0.25) is 0 Å². The summed E-state index contributed by atoms with van der Waals surface area (Å²) in [6.45, 7) is 5.04. The molecule has 2 aromatic heterocycles. The van der Waals surface area contributed by atoms with E-state index < -0.39 is 6.10 Å². The average molecular weight is 492 g/mol. The first-order valence-electron chi connectivity index (χ1n) is 11.0. The topological polar surface area (TPSA) is 81.5 Å². The van der Waals surface area contributed by atoms with E-state index in [-0.39, 0.29) is 29.6 Å². The highest BCUT2D eigenvalue weighted by molar-refractivity contribution is 7.19. The van der Waals surface area contributed by atoms with Crippen molar-refractivity contribution in [3.8, 4) is 16.9 Å². The molecule has 0 N–H and O–H groups in total. The third-order valence-corrected chi connectivity index (χ3v) is 7.24. The van der Waals surface area contributed by atoms with Crippen molar-refractivity contribution in [2.24, 2.45) is 0 Å². The molecular formula is C26H22FN3O4S. The maximum absolute atomic E-state index is 13.6. The van der Waals surface area contributed by atoms with Crippen LogP contribution in [0.3, 0.4) is 0 Å². The highest BCUT2D eigenvalue weighted by Crippen LogP contribution is 2.36. The highest BCUT2D eigenvalue weighted by atomic mass is 32.1. The van der Waals surface area contributed by atoms with Gasteiger partial charge in [-0.2, -0.15) is 0 Å². The second-order valence-electron chi connectivity index (χ2n) is 8.53. The van der Waals surface area contributed by atoms with Crippen LogP contribution >= 0.6 is 11.3 Å². The third-order valence-electron chi connectivity index (χ3n) is 6.24. The summed E-state index contributed by atoms with van der Waals surface area (Å²) in [4.78, 5) is 46.6. The lowest BCUT2D eigenvalue weighted by Gasteiger charge is -2.30. The van der Waals surface area contributed by atoms with E-state index in [2.05, 4.69) is 4.98 Å². The number of aryl methyl sites for hydroxylation is 2. The van der Waals surface area contributed by atoms with Crippen molar-refractivity contribution >= 4 is 38.9 Å². The Morgan fingerprint density at radius 1 is 1.14 bits per heavy atom. The van der Waals surface area contributed by atoms with E-state index in [4.69, 9.17) is 4.74 Å². The Morgan fingerprint density at radius 2 is 1.86 bits per heavy atom. The molecule has 0 bridgehead atoms. The number of ketones is 1. The number of carbonyl (C=O) groups excluding carboxylic acids is 2. The lowest BCUT2D eigenvalue weighted by Crippen LogP contribution is -2.42. The van der Waals surface area contributed by atoms with E-state index in [9.17, 15) is 18.8 Å². The molecule has 1 unspecified atom stereocenters. The Morgan fingerprint density at radius 3 is 2.57 bits per heavy atom. The molecule has 4 aromatic rings. The zero-order chi connectivity index (χ0) is 25.0. The number of amides is 1. The summed E-state index contributed by atoms with van der Waals surface area (Å²) in [6.07, 6.45) is -0.600. The second-order valence-corrected chi connectivity index (χ2v) is 9.74. The fraction of sp³-hybridized carbons (Fsp3) is 0.231. The number of anilines is 1. The van der Waals surface area contributed by atoms with Gasteiger partial charge in [-0.1, -0.05) is 12.1 Å². The Kier molecular flexibility index (Phi) is 5.52. The van der Waals surface area contributed by atoms with Crippen molar-refractivity contribution in [3.05, 3.63) is 74.9 Å². The standard InChI is InChI=1S/C26H22FN3O4S/c1-13-25(32)29(4)19-11-17(7-10-21(19)34-13)20(31)12-30-15(3)28-24-23(26(30)33)22(14(2)35-24)16-5-8-18(27)9-6-16/h5-11,13H,12H2,1-4H3. The van der Waals surface area contributed by atoms with Crippen molar-refractivity contribution < 1.29 is 18.7 Å². The van der Waals surface area contributed by atoms with Crippen molar-refractivity contribution in [1.82, 2.24) is 9.55 Å². The quantitative estimate of drug-likeness (QED) is 0.393. The first kappa shape index (κ1) is 22.9. The Balaban J connectivity index is 1.55. The molecule has 1 amide bonds. The first-order chi connectivity index (χ1) is 16.7. The molecule has 35 heavy (non-hydrogen) atoms. The Bertz CT molecular complexity index is 1570. The summed E-state index contributed by atoms with van der Waals surface area (Å²) in [6, 6.07) is 10.9. The lowest BCUT2D eigenvalue weighted by molar-refractivity contribution is -0.125. The van der Waals surface area contributed by atoms with Crippen molar-refractivity contribution in [1.29, 1.82) is 0 Å². The van der Waals surface area contributed by atoms with Crippen LogP contribution < -0.4 is 15.2 Å². The number of likely N-dealkylation sites (N-methyl/N-ethyl adjacent to an activating group) is 1. The number of benzene rings is 2. The van der Waals surface area contributed by atoms with Crippen molar-refractivity contribution in [2.45, 2.75) is 33.4 Å². The van der Waals surface area contributed by atoms with Gasteiger partial charge in [-0.15, -0.1) is 11.3 Å². The van der Waals surface area contributed by atoms with E-state index in [1.807, 2.05) is 6.92 Å². The molecule has 9 heteroatoms. The third kappa shape index (κ3) is 3.81. The van der Waals surface area contributed by atoms with Gasteiger partial charge in [0.1, 0.15) is 22.2 Å². The number of Topliss-reactive ketones (excluding diaryl/α,β-unsaturated/α-hetero) is 1. The van der Waals surface area contributed by atoms with Gasteiger partial charge in [-0.25, -0.2) is 9.37 Å². The summed E-state index contributed by atoms with van der Waals surface area (Å²) in [5, 5.41) is 0.413. The van der Waals surface area contributed by atoms with Gasteiger partial charge >= 0.3 is 0 Å². The monoisotopic (exact) mass is 491 g/mol. The van der Waals surface area contributed by atoms with Crippen LogP contribution in [0.15, 0.2) is 47.3 Å². The van der Waals surface area contributed by atoms with Crippen LogP contribution in [0.5, 0.6) is 5.75 Å². The largest absolute Gasteiger partial charge is 0.479 e. The molecular weight excluding hydrogens is 469 g/mol. The molecule has 1 aliphatic heterocycles. The summed E-state index contributed by atoms with van der Waals surface area (Å²) in [5.74, 6) is 0.0782. The summed E-state index contributed by atoms with van der Waals surface area (Å²) < 4.78 is 20.5. The number of halogens is 1. The van der Waals surface area contributed by atoms with Gasteiger partial charge in [-0.3, -0.25) is 19.0 Å². The molecule has 0 aliphatic carbocycles. The minimum absolute atomic E-state index is 0.204. The van der Waals surface area contributed by atoms with Crippen LogP contribution in [-0.4, -0.2) is 34.4 Å². The number of ether oxygens (including phenoxy) is 1. The molecule has 0 radical (unpaired) electrons. The molecule has 0 spiro atoms. The average Bonchev–Trinajstić information content (AvgIpc) is 3.16. The number of aromatic nitrogens is 2.